The molecule has 0 radical (unpaired) electrons. The molecule has 2 aliphatic rings. The smallest absolute Gasteiger partial charge is 0.338 e. The topological polar surface area (TPSA) is 83.5 Å². The quantitative estimate of drug-likeness (QED) is 0.570. The number of methoxy groups -OCH3 is 1. The molecule has 0 fully saturated rings. The van der Waals surface area contributed by atoms with Gasteiger partial charge in [-0.25, -0.2) is 9.79 Å². The van der Waals surface area contributed by atoms with Crippen molar-refractivity contribution in [2.24, 2.45) is 4.99 Å². The number of esters is 1. The van der Waals surface area contributed by atoms with Crippen LogP contribution in [0.4, 0.5) is 0 Å². The Hall–Kier alpha value is -2.78. The van der Waals surface area contributed by atoms with Gasteiger partial charge in [0.05, 0.1) is 37.4 Å². The number of benzene rings is 1. The van der Waals surface area contributed by atoms with Gasteiger partial charge in [0, 0.05) is 18.8 Å². The van der Waals surface area contributed by atoms with E-state index in [0.29, 0.717) is 23.6 Å². The Balaban J connectivity index is 1.94. The molecule has 0 bridgehead atoms. The largest absolute Gasteiger partial charge is 0.497 e. The third-order valence-corrected chi connectivity index (χ3v) is 6.02. The number of fused-ring (bicyclic) bond motifs is 1. The minimum atomic E-state index is -0.465. The minimum Gasteiger partial charge on any atom is -0.497 e. The number of hydrogen-bond donors (Lipinski definition) is 1. The van der Waals surface area contributed by atoms with Crippen molar-refractivity contribution in [2.75, 3.05) is 40.9 Å². The third-order valence-electron chi connectivity index (χ3n) is 5.13. The highest BCUT2D eigenvalue weighted by molar-refractivity contribution is 8.16. The Morgan fingerprint density at radius 1 is 1.31 bits per heavy atom. The lowest BCUT2D eigenvalue weighted by molar-refractivity contribution is -0.139. The van der Waals surface area contributed by atoms with E-state index in [2.05, 4.69) is 10.3 Å². The van der Waals surface area contributed by atoms with Crippen LogP contribution in [0.1, 0.15) is 31.9 Å². The molecule has 9 heteroatoms. The molecule has 0 saturated heterocycles. The Morgan fingerprint density at radius 3 is 2.78 bits per heavy atom. The summed E-state index contributed by atoms with van der Waals surface area (Å²) in [5.74, 6) is 0.201. The highest BCUT2D eigenvalue weighted by atomic mass is 32.2. The number of carbonyl (C=O) groups excluding carboxylic acids is 2. The molecule has 3 rings (SSSR count). The van der Waals surface area contributed by atoms with Crippen LogP contribution in [-0.4, -0.2) is 67.7 Å². The minimum absolute atomic E-state index is 0.0756. The number of carbonyl (C=O) groups is 2. The zero-order valence-electron chi connectivity index (χ0n) is 19.2. The third kappa shape index (κ3) is 5.34. The highest BCUT2D eigenvalue weighted by Crippen LogP contribution is 2.45. The van der Waals surface area contributed by atoms with Crippen LogP contribution in [0.15, 0.2) is 51.6 Å². The number of aliphatic imine (C=N–C) groups is 1. The molecule has 0 aliphatic carbocycles. The van der Waals surface area contributed by atoms with Gasteiger partial charge in [-0.15, -0.1) is 0 Å². The molecule has 1 N–H and O–H groups in total. The molecule has 1 unspecified atom stereocenters. The van der Waals surface area contributed by atoms with Gasteiger partial charge in [-0.05, 0) is 51.0 Å². The normalized spacial score (nSPS) is 17.7. The summed E-state index contributed by atoms with van der Waals surface area (Å²) in [6.45, 7) is 5.19. The Kier molecular flexibility index (Phi) is 7.98. The standard InChI is InChI=1S/C23H30N4O4S/c1-6-31-22(29)20-15(2)25-23-27(21(20)16-8-7-9-18(12-16)30-5)17(14-32-23)13-19(28)24-10-11-26(3)4/h7-9,12,14,21H,6,10-11,13H2,1-5H3,(H,24,28). The van der Waals surface area contributed by atoms with Gasteiger partial charge in [0.1, 0.15) is 5.75 Å². The number of amides is 1. The van der Waals surface area contributed by atoms with E-state index in [1.165, 1.54) is 11.8 Å². The average molecular weight is 459 g/mol. The molecule has 1 atom stereocenters. The maximum atomic E-state index is 13.0. The van der Waals surface area contributed by atoms with Crippen LogP contribution in [0.3, 0.4) is 0 Å². The molecule has 2 aliphatic heterocycles. The van der Waals surface area contributed by atoms with E-state index >= 15 is 0 Å². The predicted molar refractivity (Wildman–Crippen MR) is 126 cm³/mol. The van der Waals surface area contributed by atoms with Gasteiger partial charge >= 0.3 is 5.97 Å². The van der Waals surface area contributed by atoms with Crippen LogP contribution in [0.5, 0.6) is 5.75 Å². The Morgan fingerprint density at radius 2 is 2.09 bits per heavy atom. The molecule has 32 heavy (non-hydrogen) atoms. The summed E-state index contributed by atoms with van der Waals surface area (Å²) in [4.78, 5) is 34.2. The number of ether oxygens (including phenoxy) is 2. The molecule has 0 aromatic heterocycles. The number of allylic oxidation sites excluding steroid dienone is 1. The van der Waals surface area contributed by atoms with Crippen LogP contribution in [-0.2, 0) is 14.3 Å². The van der Waals surface area contributed by atoms with Gasteiger partial charge in [-0.2, -0.15) is 0 Å². The zero-order valence-corrected chi connectivity index (χ0v) is 20.0. The molecule has 1 aromatic rings. The van der Waals surface area contributed by atoms with E-state index in [1.807, 2.05) is 60.5 Å². The molecule has 0 spiro atoms. The van der Waals surface area contributed by atoms with Crippen LogP contribution in [0, 0.1) is 0 Å². The summed E-state index contributed by atoms with van der Waals surface area (Å²) in [6, 6.07) is 7.12. The molecular formula is C23H30N4O4S. The number of thioether (sulfide) groups is 1. The summed E-state index contributed by atoms with van der Waals surface area (Å²) in [6.07, 6.45) is 0.190. The second-order valence-corrected chi connectivity index (χ2v) is 8.56. The van der Waals surface area contributed by atoms with Crippen molar-refractivity contribution < 1.29 is 19.1 Å². The number of nitrogens with one attached hydrogen (secondary N) is 1. The van der Waals surface area contributed by atoms with Crippen molar-refractivity contribution >= 4 is 28.8 Å². The Labute approximate surface area is 193 Å². The first-order chi connectivity index (χ1) is 15.3. The van der Waals surface area contributed by atoms with Crippen molar-refractivity contribution in [3.63, 3.8) is 0 Å². The number of hydrogen-bond acceptors (Lipinski definition) is 8. The molecule has 8 nitrogen and oxygen atoms in total. The summed E-state index contributed by atoms with van der Waals surface area (Å²) in [5.41, 5.74) is 2.73. The van der Waals surface area contributed by atoms with Crippen molar-refractivity contribution in [2.45, 2.75) is 26.3 Å². The van der Waals surface area contributed by atoms with Crippen LogP contribution in [0.2, 0.25) is 0 Å². The SMILES string of the molecule is CCOC(=O)C1=C(C)N=C2SC=C(CC(=O)NCCN(C)C)N2C1c1cccc(OC)c1. The second-order valence-electron chi connectivity index (χ2n) is 7.72. The maximum Gasteiger partial charge on any atom is 0.338 e. The summed E-state index contributed by atoms with van der Waals surface area (Å²) >= 11 is 1.45. The van der Waals surface area contributed by atoms with Crippen LogP contribution < -0.4 is 10.1 Å². The van der Waals surface area contributed by atoms with E-state index in [1.54, 1.807) is 14.0 Å². The van der Waals surface area contributed by atoms with Crippen molar-refractivity contribution in [3.05, 3.63) is 52.2 Å². The Bertz CT molecular complexity index is 970. The number of amidine groups is 1. The van der Waals surface area contributed by atoms with Gasteiger partial charge in [-0.1, -0.05) is 23.9 Å². The average Bonchev–Trinajstić information content (AvgIpc) is 3.14. The first-order valence-electron chi connectivity index (χ1n) is 10.5. The molecule has 2 heterocycles. The van der Waals surface area contributed by atoms with E-state index < -0.39 is 12.0 Å². The summed E-state index contributed by atoms with van der Waals surface area (Å²) in [7, 11) is 5.53. The maximum absolute atomic E-state index is 13.0. The van der Waals surface area contributed by atoms with Gasteiger partial charge in [0.2, 0.25) is 5.91 Å². The monoisotopic (exact) mass is 458 g/mol. The van der Waals surface area contributed by atoms with E-state index in [0.717, 1.165) is 23.0 Å². The first-order valence-corrected chi connectivity index (χ1v) is 11.4. The molecule has 172 valence electrons. The second kappa shape index (κ2) is 10.7. The lowest BCUT2D eigenvalue weighted by Gasteiger charge is -2.36. The van der Waals surface area contributed by atoms with Crippen molar-refractivity contribution in [1.29, 1.82) is 0 Å². The molecular weight excluding hydrogens is 428 g/mol. The van der Waals surface area contributed by atoms with E-state index in [-0.39, 0.29) is 18.9 Å². The fourth-order valence-corrected chi connectivity index (χ4v) is 4.58. The van der Waals surface area contributed by atoms with Crippen LogP contribution >= 0.6 is 11.8 Å². The first kappa shape index (κ1) is 23.9. The fraction of sp³-hybridized carbons (Fsp3) is 0.435. The van der Waals surface area contributed by atoms with Gasteiger partial charge < -0.3 is 24.6 Å². The molecule has 1 aromatic carbocycles. The molecule has 1 amide bonds. The highest BCUT2D eigenvalue weighted by Gasteiger charge is 2.41. The molecule has 0 saturated carbocycles. The van der Waals surface area contributed by atoms with E-state index in [4.69, 9.17) is 9.47 Å². The van der Waals surface area contributed by atoms with Crippen molar-refractivity contribution in [1.82, 2.24) is 15.1 Å². The van der Waals surface area contributed by atoms with Gasteiger partial charge in [0.15, 0.2) is 5.17 Å². The predicted octanol–water partition coefficient (Wildman–Crippen LogP) is 2.90. The lowest BCUT2D eigenvalue weighted by atomic mass is 9.93. The number of likely N-dealkylation sites (N-methyl/N-ethyl adjacent to an activating group) is 1. The fourth-order valence-electron chi connectivity index (χ4n) is 3.61. The summed E-state index contributed by atoms with van der Waals surface area (Å²) < 4.78 is 10.8. The van der Waals surface area contributed by atoms with E-state index in [9.17, 15) is 9.59 Å². The van der Waals surface area contributed by atoms with Gasteiger partial charge in [0.25, 0.3) is 0 Å². The van der Waals surface area contributed by atoms with Crippen LogP contribution in [0.25, 0.3) is 0 Å². The number of nitrogens with zero attached hydrogens (tertiary/aromatic N) is 3. The number of rotatable bonds is 9. The van der Waals surface area contributed by atoms with Gasteiger partial charge in [-0.3, -0.25) is 4.79 Å². The zero-order chi connectivity index (χ0) is 23.3. The van der Waals surface area contributed by atoms with Crippen molar-refractivity contribution in [3.8, 4) is 5.75 Å². The lowest BCUT2D eigenvalue weighted by Crippen LogP contribution is -2.38. The summed E-state index contributed by atoms with van der Waals surface area (Å²) in [5, 5.41) is 5.62.